The summed E-state index contributed by atoms with van der Waals surface area (Å²) in [6, 6.07) is 12.7. The number of halogens is 2. The molecule has 4 rings (SSSR count). The smallest absolute Gasteiger partial charge is 0.257 e. The second-order valence-corrected chi connectivity index (χ2v) is 8.35. The molecule has 0 spiro atoms. The SMILES string of the molecule is Cc1ccc(Cl)cc1-n1nnc(-c2nsc(NC(=O)c3ccc(Br)cc3)n2)c1C. The minimum Gasteiger partial charge on any atom is -0.297 e. The molecule has 0 aliphatic carbocycles. The van der Waals surface area contributed by atoms with Crippen molar-refractivity contribution >= 4 is 50.1 Å². The summed E-state index contributed by atoms with van der Waals surface area (Å²) in [7, 11) is 0. The van der Waals surface area contributed by atoms with Crippen LogP contribution in [-0.4, -0.2) is 30.3 Å². The van der Waals surface area contributed by atoms with E-state index in [2.05, 4.69) is 40.9 Å². The number of carbonyl (C=O) groups is 1. The zero-order valence-corrected chi connectivity index (χ0v) is 18.5. The van der Waals surface area contributed by atoms with Crippen molar-refractivity contribution in [2.45, 2.75) is 13.8 Å². The van der Waals surface area contributed by atoms with Gasteiger partial charge in [0.2, 0.25) is 5.13 Å². The van der Waals surface area contributed by atoms with Crippen molar-refractivity contribution in [3.63, 3.8) is 0 Å². The normalized spacial score (nSPS) is 10.9. The van der Waals surface area contributed by atoms with Gasteiger partial charge in [0.25, 0.3) is 5.91 Å². The maximum Gasteiger partial charge on any atom is 0.257 e. The first kappa shape index (κ1) is 19.7. The van der Waals surface area contributed by atoms with Crippen molar-refractivity contribution in [1.29, 1.82) is 0 Å². The topological polar surface area (TPSA) is 85.6 Å². The van der Waals surface area contributed by atoms with Crippen molar-refractivity contribution in [1.82, 2.24) is 24.4 Å². The average Bonchev–Trinajstić information content (AvgIpc) is 3.30. The number of rotatable bonds is 4. The Kier molecular flexibility index (Phi) is 5.44. The average molecular weight is 490 g/mol. The summed E-state index contributed by atoms with van der Waals surface area (Å²) in [5, 5.41) is 12.2. The van der Waals surface area contributed by atoms with E-state index in [1.807, 2.05) is 32.0 Å². The van der Waals surface area contributed by atoms with E-state index in [0.717, 1.165) is 32.9 Å². The number of carbonyl (C=O) groups excluding carboxylic acids is 1. The molecule has 1 N–H and O–H groups in total. The lowest BCUT2D eigenvalue weighted by Gasteiger charge is -2.07. The molecule has 0 bridgehead atoms. The minimum atomic E-state index is -0.255. The van der Waals surface area contributed by atoms with E-state index >= 15 is 0 Å². The highest BCUT2D eigenvalue weighted by Gasteiger charge is 2.18. The Labute approximate surface area is 184 Å². The summed E-state index contributed by atoms with van der Waals surface area (Å²) in [5.41, 5.74) is 3.71. The molecule has 7 nitrogen and oxygen atoms in total. The molecule has 0 unspecified atom stereocenters. The number of benzene rings is 2. The highest BCUT2D eigenvalue weighted by Crippen LogP contribution is 2.26. The van der Waals surface area contributed by atoms with Crippen molar-refractivity contribution < 1.29 is 4.79 Å². The van der Waals surface area contributed by atoms with E-state index in [4.69, 9.17) is 11.6 Å². The van der Waals surface area contributed by atoms with Gasteiger partial charge < -0.3 is 0 Å². The van der Waals surface area contributed by atoms with Crippen LogP contribution >= 0.6 is 39.1 Å². The van der Waals surface area contributed by atoms with Crippen molar-refractivity contribution in [3.05, 3.63) is 68.8 Å². The lowest BCUT2D eigenvalue weighted by atomic mass is 10.2. The van der Waals surface area contributed by atoms with Crippen LogP contribution < -0.4 is 5.32 Å². The van der Waals surface area contributed by atoms with Gasteiger partial charge in [-0.3, -0.25) is 10.1 Å². The summed E-state index contributed by atoms with van der Waals surface area (Å²) < 4.78 is 6.93. The second kappa shape index (κ2) is 8.02. The lowest BCUT2D eigenvalue weighted by molar-refractivity contribution is 0.102. The monoisotopic (exact) mass is 488 g/mol. The number of nitrogens with zero attached hydrogens (tertiary/aromatic N) is 5. The van der Waals surface area contributed by atoms with Crippen LogP contribution in [0, 0.1) is 13.8 Å². The molecular formula is C19H14BrClN6OS. The molecule has 0 saturated carbocycles. The van der Waals surface area contributed by atoms with Crippen molar-refractivity contribution in [2.24, 2.45) is 0 Å². The Hall–Kier alpha value is -2.62. The van der Waals surface area contributed by atoms with E-state index in [-0.39, 0.29) is 5.91 Å². The summed E-state index contributed by atoms with van der Waals surface area (Å²) >= 11 is 10.6. The Morgan fingerprint density at radius 1 is 1.17 bits per heavy atom. The van der Waals surface area contributed by atoms with E-state index in [0.29, 0.717) is 27.2 Å². The van der Waals surface area contributed by atoms with Gasteiger partial charge in [-0.1, -0.05) is 38.8 Å². The van der Waals surface area contributed by atoms with E-state index in [1.54, 1.807) is 28.9 Å². The summed E-state index contributed by atoms with van der Waals surface area (Å²) in [6.45, 7) is 3.86. The zero-order chi connectivity index (χ0) is 20.5. The first-order chi connectivity index (χ1) is 13.9. The third-order valence-corrected chi connectivity index (χ3v) is 5.65. The van der Waals surface area contributed by atoms with Crippen molar-refractivity contribution in [3.8, 4) is 17.2 Å². The second-order valence-electron chi connectivity index (χ2n) is 6.25. The van der Waals surface area contributed by atoms with Gasteiger partial charge >= 0.3 is 0 Å². The number of hydrogen-bond acceptors (Lipinski definition) is 6. The van der Waals surface area contributed by atoms with Crippen molar-refractivity contribution in [2.75, 3.05) is 5.32 Å². The molecule has 0 saturated heterocycles. The van der Waals surface area contributed by atoms with Crippen LogP contribution in [-0.2, 0) is 0 Å². The molecule has 0 aliphatic rings. The number of aryl methyl sites for hydroxylation is 1. The van der Waals surface area contributed by atoms with Gasteiger partial charge in [0.05, 0.1) is 11.4 Å². The van der Waals surface area contributed by atoms with Crippen LogP contribution in [0.5, 0.6) is 0 Å². The third-order valence-electron chi connectivity index (χ3n) is 4.26. The molecule has 2 aromatic carbocycles. The minimum absolute atomic E-state index is 0.255. The first-order valence-electron chi connectivity index (χ1n) is 8.52. The zero-order valence-electron chi connectivity index (χ0n) is 15.3. The molecular weight excluding hydrogens is 476 g/mol. The highest BCUT2D eigenvalue weighted by molar-refractivity contribution is 9.10. The van der Waals surface area contributed by atoms with E-state index in [9.17, 15) is 4.79 Å². The molecule has 29 heavy (non-hydrogen) atoms. The Morgan fingerprint density at radius 3 is 2.69 bits per heavy atom. The lowest BCUT2D eigenvalue weighted by Crippen LogP contribution is -2.11. The van der Waals surface area contributed by atoms with Gasteiger partial charge in [-0.15, -0.1) is 5.10 Å². The summed E-state index contributed by atoms with van der Waals surface area (Å²) in [5.74, 6) is 0.152. The molecule has 1 amide bonds. The highest BCUT2D eigenvalue weighted by atomic mass is 79.9. The van der Waals surface area contributed by atoms with Crippen LogP contribution in [0.15, 0.2) is 46.9 Å². The molecule has 2 heterocycles. The maximum atomic E-state index is 12.4. The van der Waals surface area contributed by atoms with Crippen LogP contribution in [0.1, 0.15) is 21.6 Å². The fourth-order valence-corrected chi connectivity index (χ4v) is 3.71. The van der Waals surface area contributed by atoms with Gasteiger partial charge in [-0.25, -0.2) is 4.68 Å². The fourth-order valence-electron chi connectivity index (χ4n) is 2.72. The molecule has 10 heteroatoms. The number of nitrogens with one attached hydrogen (secondary N) is 1. The van der Waals surface area contributed by atoms with Crippen LogP contribution in [0.3, 0.4) is 0 Å². The quantitative estimate of drug-likeness (QED) is 0.432. The van der Waals surface area contributed by atoms with Gasteiger partial charge in [-0.05, 0) is 55.8 Å². The molecule has 4 aromatic rings. The molecule has 0 aliphatic heterocycles. The Balaban J connectivity index is 1.59. The number of aromatic nitrogens is 5. The predicted molar refractivity (Wildman–Crippen MR) is 117 cm³/mol. The standard InChI is InChI=1S/C19H14BrClN6OS/c1-10-3-8-14(21)9-15(10)27-11(2)16(24-26-27)17-22-19(29-25-17)23-18(28)12-4-6-13(20)7-5-12/h3-9H,1-2H3,(H,22,23,25,28). The van der Waals surface area contributed by atoms with Crippen LogP contribution in [0.25, 0.3) is 17.2 Å². The first-order valence-corrected chi connectivity index (χ1v) is 10.5. The Bertz CT molecular complexity index is 1200. The maximum absolute atomic E-state index is 12.4. The predicted octanol–water partition coefficient (Wildman–Crippen LogP) is 5.07. The summed E-state index contributed by atoms with van der Waals surface area (Å²) in [4.78, 5) is 16.8. The van der Waals surface area contributed by atoms with E-state index in [1.165, 1.54) is 0 Å². The van der Waals surface area contributed by atoms with Gasteiger partial charge in [0.1, 0.15) is 0 Å². The van der Waals surface area contributed by atoms with Gasteiger partial charge in [-0.2, -0.15) is 9.36 Å². The number of hydrogen-bond donors (Lipinski definition) is 1. The van der Waals surface area contributed by atoms with Crippen LogP contribution in [0.4, 0.5) is 5.13 Å². The van der Waals surface area contributed by atoms with Gasteiger partial charge in [0, 0.05) is 26.6 Å². The molecule has 0 radical (unpaired) electrons. The van der Waals surface area contributed by atoms with E-state index < -0.39 is 0 Å². The third kappa shape index (κ3) is 4.07. The molecule has 0 fully saturated rings. The largest absolute Gasteiger partial charge is 0.297 e. The fraction of sp³-hybridized carbons (Fsp3) is 0.105. The molecule has 2 aromatic heterocycles. The summed E-state index contributed by atoms with van der Waals surface area (Å²) in [6.07, 6.45) is 0. The van der Waals surface area contributed by atoms with Gasteiger partial charge in [0.15, 0.2) is 11.5 Å². The molecule has 146 valence electrons. The molecule has 0 atom stereocenters. The number of anilines is 1. The number of amides is 1. The Morgan fingerprint density at radius 2 is 1.93 bits per heavy atom. The van der Waals surface area contributed by atoms with Crippen LogP contribution in [0.2, 0.25) is 5.02 Å².